The number of hydrogen-bond donors (Lipinski definition) is 2. The van der Waals surface area contributed by atoms with Crippen molar-refractivity contribution in [2.45, 2.75) is 12.5 Å². The lowest BCUT2D eigenvalue weighted by Gasteiger charge is -2.17. The number of hydrazone groups is 1. The second-order valence-corrected chi connectivity index (χ2v) is 2.41. The number of amides is 1. The van der Waals surface area contributed by atoms with Gasteiger partial charge in [0.25, 0.3) is 0 Å². The molecule has 0 bridgehead atoms. The van der Waals surface area contributed by atoms with Gasteiger partial charge in [-0.2, -0.15) is 5.10 Å². The molecule has 4 heteroatoms. The monoisotopic (exact) mass is 154 g/mol. The van der Waals surface area contributed by atoms with Gasteiger partial charge in [0.15, 0.2) is 0 Å². The Balaban J connectivity index is 2.59. The van der Waals surface area contributed by atoms with Crippen LogP contribution >= 0.6 is 0 Å². The van der Waals surface area contributed by atoms with Gasteiger partial charge in [-0.3, -0.25) is 4.79 Å². The van der Waals surface area contributed by atoms with Crippen LogP contribution in [0.15, 0.2) is 17.8 Å². The average molecular weight is 154 g/mol. The van der Waals surface area contributed by atoms with Gasteiger partial charge in [0.2, 0.25) is 5.91 Å². The maximum Gasteiger partial charge on any atom is 0.240 e. The summed E-state index contributed by atoms with van der Waals surface area (Å²) < 4.78 is 0. The fourth-order valence-electron chi connectivity index (χ4n) is 0.901. The first-order valence-electron chi connectivity index (χ1n) is 3.36. The van der Waals surface area contributed by atoms with Crippen LogP contribution in [0.5, 0.6) is 0 Å². The van der Waals surface area contributed by atoms with E-state index in [0.29, 0.717) is 0 Å². The zero-order valence-corrected chi connectivity index (χ0v) is 6.03. The third kappa shape index (κ3) is 1.88. The largest absolute Gasteiger partial charge is 0.388 e. The van der Waals surface area contributed by atoms with Crippen molar-refractivity contribution in [1.29, 1.82) is 0 Å². The Hall–Kier alpha value is -1.16. The summed E-state index contributed by atoms with van der Waals surface area (Å²) in [7, 11) is 0. The van der Waals surface area contributed by atoms with Crippen LogP contribution in [0.4, 0.5) is 0 Å². The van der Waals surface area contributed by atoms with E-state index in [2.05, 4.69) is 17.1 Å². The predicted molar refractivity (Wildman–Crippen MR) is 40.9 cm³/mol. The molecule has 2 N–H and O–H groups in total. The number of carbonyl (C=O) groups is 1. The summed E-state index contributed by atoms with van der Waals surface area (Å²) in [5, 5.41) is 12.8. The van der Waals surface area contributed by atoms with Crippen molar-refractivity contribution in [2.75, 3.05) is 0 Å². The zero-order valence-electron chi connectivity index (χ0n) is 6.03. The van der Waals surface area contributed by atoms with Crippen molar-refractivity contribution in [3.63, 3.8) is 0 Å². The van der Waals surface area contributed by atoms with Crippen molar-refractivity contribution in [2.24, 2.45) is 11.0 Å². The molecule has 11 heavy (non-hydrogen) atoms. The van der Waals surface area contributed by atoms with Gasteiger partial charge >= 0.3 is 0 Å². The number of rotatable bonds is 2. The van der Waals surface area contributed by atoms with Crippen LogP contribution in [-0.2, 0) is 4.79 Å². The molecule has 0 aliphatic carbocycles. The molecular weight excluding hydrogens is 144 g/mol. The number of nitrogens with one attached hydrogen (secondary N) is 1. The predicted octanol–water partition coefficient (Wildman–Crippen LogP) is -0.345. The normalized spacial score (nSPS) is 25.9. The molecule has 1 heterocycles. The van der Waals surface area contributed by atoms with Gasteiger partial charge in [-0.25, -0.2) is 5.43 Å². The highest BCUT2D eigenvalue weighted by atomic mass is 16.3. The Bertz CT molecular complexity index is 201. The molecule has 1 rings (SSSR count). The Morgan fingerprint density at radius 1 is 2.00 bits per heavy atom. The van der Waals surface area contributed by atoms with Crippen molar-refractivity contribution in [3.05, 3.63) is 12.7 Å². The third-order valence-corrected chi connectivity index (χ3v) is 1.56. The van der Waals surface area contributed by atoms with Crippen LogP contribution < -0.4 is 5.43 Å². The minimum absolute atomic E-state index is 0.168. The van der Waals surface area contributed by atoms with Crippen molar-refractivity contribution >= 4 is 12.1 Å². The van der Waals surface area contributed by atoms with Crippen LogP contribution in [-0.4, -0.2) is 23.3 Å². The molecule has 0 radical (unpaired) electrons. The summed E-state index contributed by atoms with van der Waals surface area (Å²) in [6.45, 7) is 3.42. The molecule has 0 fully saturated rings. The van der Waals surface area contributed by atoms with Gasteiger partial charge in [-0.05, 0) is 0 Å². The zero-order chi connectivity index (χ0) is 8.27. The average Bonchev–Trinajstić information content (AvgIpc) is 2.03. The molecule has 2 unspecified atom stereocenters. The van der Waals surface area contributed by atoms with Gasteiger partial charge in [0.1, 0.15) is 0 Å². The molecule has 1 aliphatic heterocycles. The Morgan fingerprint density at radius 2 is 2.73 bits per heavy atom. The van der Waals surface area contributed by atoms with Gasteiger partial charge in [-0.1, -0.05) is 6.08 Å². The standard InChI is InChI=1S/C7H10N2O2/c1-2-6(10)5-3-7(11)9-8-4-5/h2,4-6,10H,1,3H2,(H,9,11). The van der Waals surface area contributed by atoms with Crippen LogP contribution in [0, 0.1) is 5.92 Å². The van der Waals surface area contributed by atoms with Crippen LogP contribution in [0.3, 0.4) is 0 Å². The molecule has 0 saturated carbocycles. The first kappa shape index (κ1) is 7.94. The van der Waals surface area contributed by atoms with Crippen LogP contribution in [0.25, 0.3) is 0 Å². The fraction of sp³-hybridized carbons (Fsp3) is 0.429. The topological polar surface area (TPSA) is 61.7 Å². The number of aliphatic hydroxyl groups is 1. The Morgan fingerprint density at radius 3 is 3.27 bits per heavy atom. The van der Waals surface area contributed by atoms with E-state index in [4.69, 9.17) is 0 Å². The fourth-order valence-corrected chi connectivity index (χ4v) is 0.901. The van der Waals surface area contributed by atoms with Crippen LogP contribution in [0.1, 0.15) is 6.42 Å². The highest BCUT2D eigenvalue weighted by molar-refractivity contribution is 5.83. The number of hydrogen-bond acceptors (Lipinski definition) is 3. The molecule has 0 spiro atoms. The smallest absolute Gasteiger partial charge is 0.240 e. The number of aliphatic hydroxyl groups excluding tert-OH is 1. The maximum absolute atomic E-state index is 10.7. The lowest BCUT2D eigenvalue weighted by Crippen LogP contribution is -2.32. The van der Waals surface area contributed by atoms with Gasteiger partial charge in [0.05, 0.1) is 6.10 Å². The number of nitrogens with zero attached hydrogens (tertiary/aromatic N) is 1. The molecule has 0 aromatic heterocycles. The Kier molecular flexibility index (Phi) is 2.38. The summed E-state index contributed by atoms with van der Waals surface area (Å²) in [6, 6.07) is 0. The second-order valence-electron chi connectivity index (χ2n) is 2.41. The van der Waals surface area contributed by atoms with E-state index in [1.165, 1.54) is 12.3 Å². The minimum Gasteiger partial charge on any atom is -0.388 e. The third-order valence-electron chi connectivity index (χ3n) is 1.56. The summed E-state index contributed by atoms with van der Waals surface area (Å²) in [4.78, 5) is 10.7. The molecule has 2 atom stereocenters. The summed E-state index contributed by atoms with van der Waals surface area (Å²) >= 11 is 0. The van der Waals surface area contributed by atoms with Gasteiger partial charge < -0.3 is 5.11 Å². The number of carbonyl (C=O) groups excluding carboxylic acids is 1. The van der Waals surface area contributed by atoms with E-state index < -0.39 is 6.10 Å². The summed E-state index contributed by atoms with van der Waals surface area (Å²) in [6.07, 6.45) is 2.52. The minimum atomic E-state index is -0.676. The molecular formula is C7H10N2O2. The first-order chi connectivity index (χ1) is 5.24. The molecule has 60 valence electrons. The Labute approximate surface area is 64.6 Å². The molecule has 0 aromatic carbocycles. The van der Waals surface area contributed by atoms with Crippen molar-refractivity contribution < 1.29 is 9.90 Å². The molecule has 0 saturated heterocycles. The molecule has 4 nitrogen and oxygen atoms in total. The van der Waals surface area contributed by atoms with E-state index >= 15 is 0 Å². The second kappa shape index (κ2) is 3.30. The van der Waals surface area contributed by atoms with E-state index in [0.717, 1.165) is 0 Å². The summed E-state index contributed by atoms with van der Waals surface area (Å²) in [5.41, 5.74) is 2.28. The molecule has 1 amide bonds. The van der Waals surface area contributed by atoms with Crippen molar-refractivity contribution in [3.8, 4) is 0 Å². The molecule has 1 aliphatic rings. The highest BCUT2D eigenvalue weighted by Gasteiger charge is 2.20. The highest BCUT2D eigenvalue weighted by Crippen LogP contribution is 2.09. The maximum atomic E-state index is 10.7. The SMILES string of the molecule is C=CC(O)C1C=NNC(=O)C1. The molecule has 0 aromatic rings. The van der Waals surface area contributed by atoms with Crippen LogP contribution in [0.2, 0.25) is 0 Å². The van der Waals surface area contributed by atoms with E-state index in [-0.39, 0.29) is 18.2 Å². The van der Waals surface area contributed by atoms with Gasteiger partial charge in [-0.15, -0.1) is 6.58 Å². The van der Waals surface area contributed by atoms with E-state index in [9.17, 15) is 9.90 Å². The lowest BCUT2D eigenvalue weighted by atomic mass is 9.99. The summed E-state index contributed by atoms with van der Waals surface area (Å²) in [5.74, 6) is -0.389. The van der Waals surface area contributed by atoms with Crippen molar-refractivity contribution in [1.82, 2.24) is 5.43 Å². The van der Waals surface area contributed by atoms with E-state index in [1.807, 2.05) is 0 Å². The lowest BCUT2D eigenvalue weighted by molar-refractivity contribution is -0.122. The van der Waals surface area contributed by atoms with Gasteiger partial charge in [0, 0.05) is 18.6 Å². The first-order valence-corrected chi connectivity index (χ1v) is 3.36. The van der Waals surface area contributed by atoms with E-state index in [1.54, 1.807) is 0 Å². The quantitative estimate of drug-likeness (QED) is 0.534.